The van der Waals surface area contributed by atoms with Crippen molar-refractivity contribution < 1.29 is 41.8 Å². The molecule has 1 aliphatic rings. The van der Waals surface area contributed by atoms with Gasteiger partial charge >= 0.3 is 6.03 Å². The smallest absolute Gasteiger partial charge is 0.323 e. The molecule has 0 spiro atoms. The van der Waals surface area contributed by atoms with E-state index in [1.807, 2.05) is 52.7 Å². The van der Waals surface area contributed by atoms with Crippen molar-refractivity contribution in [1.82, 2.24) is 29.9 Å². The Hall–Kier alpha value is -6.95. The van der Waals surface area contributed by atoms with E-state index >= 15 is 4.39 Å². The number of rotatable bonds is 5. The Morgan fingerprint density at radius 2 is 1.34 bits per heavy atom. The Kier molecular flexibility index (Phi) is 18.7. The maximum absolute atomic E-state index is 15.3. The van der Waals surface area contributed by atoms with Gasteiger partial charge in [0.2, 0.25) is 0 Å². The first-order chi connectivity index (χ1) is 32.1. The van der Waals surface area contributed by atoms with Crippen molar-refractivity contribution in [2.45, 2.75) is 6.92 Å². The van der Waals surface area contributed by atoms with Crippen LogP contribution in [0.1, 0.15) is 22.8 Å². The number of amides is 2. The highest BCUT2D eigenvalue weighted by atomic mass is 80.9. The van der Waals surface area contributed by atoms with Crippen molar-refractivity contribution in [3.63, 3.8) is 0 Å². The van der Waals surface area contributed by atoms with E-state index < -0.39 is 52.3 Å². The Morgan fingerprint density at radius 3 is 2.03 bits per heavy atom. The van der Waals surface area contributed by atoms with Crippen LogP contribution < -0.4 is 26.7 Å². The molecule has 0 radical (unpaired) electrons. The number of halogens is 7. The van der Waals surface area contributed by atoms with Gasteiger partial charge in [0.15, 0.2) is 23.2 Å². The van der Waals surface area contributed by atoms with Crippen LogP contribution in [0, 0.1) is 23.3 Å². The van der Waals surface area contributed by atoms with E-state index in [0.717, 1.165) is 45.6 Å². The minimum Gasteiger partial charge on any atom is -0.481 e. The number of para-hydroxylation sites is 2. The Morgan fingerprint density at radius 1 is 0.716 bits per heavy atom. The van der Waals surface area contributed by atoms with Crippen LogP contribution in [0.4, 0.5) is 39.5 Å². The number of hydrogen-bond donors (Lipinski definition) is 5. The number of nitrogens with one attached hydrogen (secondary N) is 4. The molecular formula is C44H34Br3F4N9O7. The number of H-pyrrole nitrogens is 2. The van der Waals surface area contributed by atoms with Crippen LogP contribution in [0.3, 0.4) is 0 Å². The highest BCUT2D eigenvalue weighted by Crippen LogP contribution is 2.28. The molecule has 5 aromatic carbocycles. The number of carbonyl (C=O) groups is 3. The maximum Gasteiger partial charge on any atom is 0.323 e. The molecule has 3 aromatic heterocycles. The van der Waals surface area contributed by atoms with Gasteiger partial charge in [0.25, 0.3) is 17.1 Å². The number of ketones is 1. The monoisotopic (exact) mass is 1110 g/mol. The van der Waals surface area contributed by atoms with E-state index in [1.165, 1.54) is 42.7 Å². The predicted octanol–water partition coefficient (Wildman–Crippen LogP) is 9.29. The summed E-state index contributed by atoms with van der Waals surface area (Å²) in [7, 11) is 0. The molecule has 16 nitrogen and oxygen atoms in total. The summed E-state index contributed by atoms with van der Waals surface area (Å²) in [6, 6.07) is 21.2. The van der Waals surface area contributed by atoms with Crippen LogP contribution in [0.5, 0.6) is 0 Å². The molecule has 67 heavy (non-hydrogen) atoms. The third kappa shape index (κ3) is 14.5. The summed E-state index contributed by atoms with van der Waals surface area (Å²) in [5, 5.41) is 11.7. The van der Waals surface area contributed by atoms with Crippen LogP contribution in [0.25, 0.3) is 33.1 Å². The summed E-state index contributed by atoms with van der Waals surface area (Å²) in [6.45, 7) is 3.32. The number of aromatic amines is 2. The molecule has 5 N–H and O–H groups in total. The first-order valence-corrected chi connectivity index (χ1v) is 23.7. The number of nitrogens with zero attached hydrogens (tertiary/aromatic N) is 5. The number of ether oxygens (including phenoxy) is 1. The van der Waals surface area contributed by atoms with Gasteiger partial charge in [0, 0.05) is 70.1 Å². The standard InChI is InChI=1S/C26H19F4N5O3.C8H5BrN2O.C8H6N2O.C2H4O2.Br2/c27-15-2-1-3-16(11-15)32-26(37)34-20-12-17(28)23(29)22(24(20)30)25(36)14-4-5-18-19(10-14)33-21(13-31-18)35-6-8-38-9-7-35;9-5-1-2-6-7(3-5)11-8(12)4-10-6;11-8-5-9-6-3-1-2-4-7(6)10-8;1-2(3)4;1-2/h1-5,10-13H,6-9H2,(H2,32,34,37);1-4H,(H,11,12);1-5H,(H,10,11);1H3,(H,3,4);. The van der Waals surface area contributed by atoms with E-state index in [4.69, 9.17) is 14.6 Å². The third-order valence-electron chi connectivity index (χ3n) is 8.86. The second kappa shape index (κ2) is 24.5. The number of benzene rings is 5. The topological polar surface area (TPSA) is 225 Å². The number of aromatic nitrogens is 6. The van der Waals surface area contributed by atoms with Gasteiger partial charge in [-0.3, -0.25) is 24.2 Å². The lowest BCUT2D eigenvalue weighted by Gasteiger charge is -2.27. The molecule has 9 rings (SSSR count). The minimum atomic E-state index is -1.71. The van der Waals surface area contributed by atoms with Crippen LogP contribution in [-0.2, 0) is 9.53 Å². The van der Waals surface area contributed by atoms with Crippen molar-refractivity contribution >= 4 is 112 Å². The fraction of sp³-hybridized carbons (Fsp3) is 0.114. The van der Waals surface area contributed by atoms with Gasteiger partial charge in [-0.15, -0.1) is 0 Å². The Bertz CT molecular complexity index is 3180. The lowest BCUT2D eigenvalue weighted by molar-refractivity contribution is -0.134. The Labute approximate surface area is 399 Å². The number of carboxylic acid groups (broad SMARTS) is 1. The zero-order valence-electron chi connectivity index (χ0n) is 34.5. The second-order valence-electron chi connectivity index (χ2n) is 13.6. The zero-order chi connectivity index (χ0) is 48.6. The van der Waals surface area contributed by atoms with Gasteiger partial charge in [-0.25, -0.2) is 37.3 Å². The number of urea groups is 1. The van der Waals surface area contributed by atoms with Crippen molar-refractivity contribution in [1.29, 1.82) is 0 Å². The van der Waals surface area contributed by atoms with Gasteiger partial charge in [0.1, 0.15) is 11.6 Å². The zero-order valence-corrected chi connectivity index (χ0v) is 39.3. The lowest BCUT2D eigenvalue weighted by atomic mass is 10.0. The normalized spacial score (nSPS) is 11.6. The molecule has 0 bridgehead atoms. The summed E-state index contributed by atoms with van der Waals surface area (Å²) >= 11 is 8.81. The number of morpholine rings is 1. The first-order valence-electron chi connectivity index (χ1n) is 19.2. The van der Waals surface area contributed by atoms with Crippen molar-refractivity contribution in [3.05, 3.63) is 169 Å². The van der Waals surface area contributed by atoms with Crippen LogP contribution in [-0.4, -0.2) is 79.1 Å². The molecule has 1 aliphatic heterocycles. The van der Waals surface area contributed by atoms with E-state index in [-0.39, 0.29) is 22.4 Å². The van der Waals surface area contributed by atoms with Crippen LogP contribution in [0.2, 0.25) is 0 Å². The maximum atomic E-state index is 15.3. The molecule has 1 saturated heterocycles. The molecule has 8 aromatic rings. The first kappa shape index (κ1) is 51.0. The number of carbonyl (C=O) groups excluding carboxylic acids is 2. The fourth-order valence-electron chi connectivity index (χ4n) is 5.98. The van der Waals surface area contributed by atoms with Crippen molar-refractivity contribution in [2.75, 3.05) is 41.8 Å². The molecule has 0 saturated carbocycles. The van der Waals surface area contributed by atoms with E-state index in [2.05, 4.69) is 79.4 Å². The van der Waals surface area contributed by atoms with Gasteiger partial charge in [-0.2, -0.15) is 0 Å². The average Bonchev–Trinajstić information content (AvgIpc) is 3.31. The summed E-state index contributed by atoms with van der Waals surface area (Å²) in [5.41, 5.74) is 1.42. The molecule has 346 valence electrons. The Balaban J connectivity index is 0.000000232. The van der Waals surface area contributed by atoms with Gasteiger partial charge in [-0.05, 0) is 66.7 Å². The molecule has 2 amide bonds. The quantitative estimate of drug-likeness (QED) is 0.0618. The molecule has 0 unspecified atom stereocenters. The number of carboxylic acids is 1. The van der Waals surface area contributed by atoms with E-state index in [0.29, 0.717) is 49.2 Å². The number of anilines is 3. The van der Waals surface area contributed by atoms with E-state index in [9.17, 15) is 32.3 Å². The van der Waals surface area contributed by atoms with Crippen LogP contribution in [0.15, 0.2) is 124 Å². The van der Waals surface area contributed by atoms with Crippen LogP contribution >= 0.6 is 44.2 Å². The fourth-order valence-corrected chi connectivity index (χ4v) is 6.34. The summed E-state index contributed by atoms with van der Waals surface area (Å²) < 4.78 is 63.9. The number of hydrogen-bond acceptors (Lipinski definition) is 11. The lowest BCUT2D eigenvalue weighted by Crippen LogP contribution is -2.36. The van der Waals surface area contributed by atoms with Gasteiger partial charge in [-0.1, -0.05) is 34.1 Å². The molecule has 1 fully saturated rings. The number of aliphatic carboxylic acids is 1. The average molecular weight is 1120 g/mol. The highest BCUT2D eigenvalue weighted by Gasteiger charge is 2.27. The third-order valence-corrected chi connectivity index (χ3v) is 9.35. The summed E-state index contributed by atoms with van der Waals surface area (Å²) in [4.78, 5) is 80.1. The van der Waals surface area contributed by atoms with Gasteiger partial charge < -0.3 is 35.3 Å². The highest BCUT2D eigenvalue weighted by molar-refractivity contribution is 9.93. The second-order valence-corrected chi connectivity index (χ2v) is 14.5. The summed E-state index contributed by atoms with van der Waals surface area (Å²) in [6.07, 6.45) is 4.13. The van der Waals surface area contributed by atoms with E-state index in [1.54, 1.807) is 6.20 Å². The SMILES string of the molecule is BrBr.CC(=O)O.O=C(Nc1cccc(F)c1)Nc1cc(F)c(F)c(C(=O)c2ccc3ncc(N4CCOCC4)nc3c2)c1F.O=c1cnc2ccc(Br)cc2[nH]1.O=c1cnc2ccccc2[nH]1. The molecule has 23 heteroatoms. The predicted molar refractivity (Wildman–Crippen MR) is 255 cm³/mol. The van der Waals surface area contributed by atoms with Crippen molar-refractivity contribution in [3.8, 4) is 0 Å². The van der Waals surface area contributed by atoms with Crippen molar-refractivity contribution in [2.24, 2.45) is 0 Å². The van der Waals surface area contributed by atoms with Gasteiger partial charge in [0.05, 0.1) is 76.2 Å². The number of fused-ring (bicyclic) bond motifs is 3. The molecule has 4 heterocycles. The molecule has 0 aliphatic carbocycles. The summed E-state index contributed by atoms with van der Waals surface area (Å²) in [5.74, 6) is -6.82. The largest absolute Gasteiger partial charge is 0.481 e. The minimum absolute atomic E-state index is 0.0375. The molecule has 0 atom stereocenters. The molecular weight excluding hydrogens is 1080 g/mol.